The summed E-state index contributed by atoms with van der Waals surface area (Å²) in [6.07, 6.45) is 0.771. The monoisotopic (exact) mass is 382 g/mol. The van der Waals surface area contributed by atoms with Crippen molar-refractivity contribution in [2.75, 3.05) is 6.61 Å². The number of carbonyl (C=O) groups is 1. The van der Waals surface area contributed by atoms with Gasteiger partial charge in [0.2, 0.25) is 10.0 Å². The van der Waals surface area contributed by atoms with Crippen LogP contribution in [0.25, 0.3) is 0 Å². The van der Waals surface area contributed by atoms with E-state index in [-0.39, 0.29) is 28.8 Å². The van der Waals surface area contributed by atoms with Gasteiger partial charge in [-0.1, -0.05) is 6.92 Å². The summed E-state index contributed by atoms with van der Waals surface area (Å²) in [4.78, 5) is 10.9. The molecule has 0 radical (unpaired) electrons. The Hall–Kier alpha value is -1.19. The molecule has 0 saturated carbocycles. The number of amides is 1. The summed E-state index contributed by atoms with van der Waals surface area (Å²) in [6, 6.07) is 1.86. The molecule has 6 nitrogen and oxygen atoms in total. The van der Waals surface area contributed by atoms with Crippen LogP contribution >= 0.6 is 15.9 Å². The van der Waals surface area contributed by atoms with Crippen LogP contribution in [0.3, 0.4) is 0 Å². The molecule has 1 aromatic carbocycles. The van der Waals surface area contributed by atoms with Crippen LogP contribution in [0, 0.1) is 5.82 Å². The normalized spacial score (nSPS) is 12.8. The zero-order valence-electron chi connectivity index (χ0n) is 11.5. The number of rotatable bonds is 6. The standard InChI is InChI=1S/C12H16BrFN2O4S/c1-3-7(2)16-12(17)6-20-10-5-9(14)11(4-8(10)13)21(15,18)19/h4-5,7H,3,6H2,1-2H3,(H,16,17)(H2,15,18,19). The first kappa shape index (κ1) is 17.9. The molecular formula is C12H16BrFN2O4S. The molecule has 118 valence electrons. The van der Waals surface area contributed by atoms with Gasteiger partial charge in [0, 0.05) is 12.1 Å². The van der Waals surface area contributed by atoms with Crippen molar-refractivity contribution < 1.29 is 22.3 Å². The lowest BCUT2D eigenvalue weighted by molar-refractivity contribution is -0.123. The van der Waals surface area contributed by atoms with Crippen LogP contribution in [-0.4, -0.2) is 27.0 Å². The molecule has 0 aliphatic rings. The Kier molecular flexibility index (Phi) is 6.11. The number of nitrogens with one attached hydrogen (secondary N) is 1. The van der Waals surface area contributed by atoms with E-state index in [9.17, 15) is 17.6 Å². The number of halogens is 2. The van der Waals surface area contributed by atoms with E-state index in [0.29, 0.717) is 0 Å². The van der Waals surface area contributed by atoms with Gasteiger partial charge < -0.3 is 10.1 Å². The zero-order valence-corrected chi connectivity index (χ0v) is 13.9. The molecular weight excluding hydrogens is 367 g/mol. The van der Waals surface area contributed by atoms with Gasteiger partial charge in [0.05, 0.1) is 4.47 Å². The predicted octanol–water partition coefficient (Wildman–Crippen LogP) is 1.53. The van der Waals surface area contributed by atoms with Crippen molar-refractivity contribution >= 4 is 31.9 Å². The maximum Gasteiger partial charge on any atom is 0.258 e. The fraction of sp³-hybridized carbons (Fsp3) is 0.417. The maximum absolute atomic E-state index is 13.7. The molecule has 0 fully saturated rings. The minimum atomic E-state index is -4.16. The summed E-state index contributed by atoms with van der Waals surface area (Å²) in [5, 5.41) is 7.56. The first-order valence-corrected chi connectivity index (χ1v) is 8.43. The molecule has 0 aromatic heterocycles. The van der Waals surface area contributed by atoms with Crippen molar-refractivity contribution in [1.82, 2.24) is 5.32 Å². The van der Waals surface area contributed by atoms with Crippen LogP contribution < -0.4 is 15.2 Å². The molecule has 1 rings (SSSR count). The van der Waals surface area contributed by atoms with Gasteiger partial charge >= 0.3 is 0 Å². The third kappa shape index (κ3) is 5.25. The van der Waals surface area contributed by atoms with Crippen molar-refractivity contribution in [2.45, 2.75) is 31.2 Å². The number of primary sulfonamides is 1. The Morgan fingerprint density at radius 2 is 2.14 bits per heavy atom. The molecule has 0 bridgehead atoms. The van der Waals surface area contributed by atoms with Gasteiger partial charge in [0.15, 0.2) is 6.61 Å². The average molecular weight is 383 g/mol. The Balaban J connectivity index is 2.82. The number of benzene rings is 1. The van der Waals surface area contributed by atoms with Crippen LogP contribution in [0.2, 0.25) is 0 Å². The third-order valence-corrected chi connectivity index (χ3v) is 4.22. The van der Waals surface area contributed by atoms with Gasteiger partial charge in [-0.05, 0) is 35.3 Å². The number of hydrogen-bond acceptors (Lipinski definition) is 4. The molecule has 0 saturated heterocycles. The van der Waals surface area contributed by atoms with Crippen molar-refractivity contribution in [1.29, 1.82) is 0 Å². The maximum atomic E-state index is 13.7. The first-order valence-electron chi connectivity index (χ1n) is 6.09. The summed E-state index contributed by atoms with van der Waals surface area (Å²) in [7, 11) is -4.16. The highest BCUT2D eigenvalue weighted by atomic mass is 79.9. The highest BCUT2D eigenvalue weighted by molar-refractivity contribution is 9.10. The van der Waals surface area contributed by atoms with Crippen LogP contribution in [0.5, 0.6) is 5.75 Å². The Bertz CT molecular complexity index is 636. The van der Waals surface area contributed by atoms with Crippen LogP contribution in [0.4, 0.5) is 4.39 Å². The minimum absolute atomic E-state index is 0.00559. The second-order valence-electron chi connectivity index (χ2n) is 4.42. The highest BCUT2D eigenvalue weighted by Crippen LogP contribution is 2.29. The molecule has 21 heavy (non-hydrogen) atoms. The van der Waals surface area contributed by atoms with Gasteiger partial charge in [-0.25, -0.2) is 17.9 Å². The van der Waals surface area contributed by atoms with E-state index in [1.807, 2.05) is 13.8 Å². The lowest BCUT2D eigenvalue weighted by Gasteiger charge is -2.13. The lowest BCUT2D eigenvalue weighted by atomic mass is 10.2. The fourth-order valence-electron chi connectivity index (χ4n) is 1.40. The summed E-state index contributed by atoms with van der Waals surface area (Å²) in [5.74, 6) is -1.38. The summed E-state index contributed by atoms with van der Waals surface area (Å²) >= 11 is 3.05. The molecule has 0 spiro atoms. The van der Waals surface area contributed by atoms with Crippen LogP contribution in [0.15, 0.2) is 21.5 Å². The first-order chi connectivity index (χ1) is 9.65. The highest BCUT2D eigenvalue weighted by Gasteiger charge is 2.18. The number of hydrogen-bond donors (Lipinski definition) is 2. The second-order valence-corrected chi connectivity index (χ2v) is 6.81. The molecule has 0 aliphatic carbocycles. The van der Waals surface area contributed by atoms with E-state index in [0.717, 1.165) is 18.6 Å². The molecule has 1 aromatic rings. The van der Waals surface area contributed by atoms with Crippen LogP contribution in [-0.2, 0) is 14.8 Å². The molecule has 1 unspecified atom stereocenters. The molecule has 9 heteroatoms. The van der Waals surface area contributed by atoms with Crippen molar-refractivity contribution in [3.8, 4) is 5.75 Å². The van der Waals surface area contributed by atoms with E-state index in [4.69, 9.17) is 9.88 Å². The van der Waals surface area contributed by atoms with Crippen molar-refractivity contribution in [3.63, 3.8) is 0 Å². The van der Waals surface area contributed by atoms with Gasteiger partial charge in [-0.15, -0.1) is 0 Å². The van der Waals surface area contributed by atoms with Gasteiger partial charge in [0.1, 0.15) is 16.5 Å². The van der Waals surface area contributed by atoms with E-state index in [1.165, 1.54) is 0 Å². The summed E-state index contributed by atoms with van der Waals surface area (Å²) < 4.78 is 41.3. The smallest absolute Gasteiger partial charge is 0.258 e. The number of nitrogens with two attached hydrogens (primary N) is 1. The zero-order chi connectivity index (χ0) is 16.2. The number of carbonyl (C=O) groups excluding carboxylic acids is 1. The molecule has 1 amide bonds. The van der Waals surface area contributed by atoms with Crippen molar-refractivity contribution in [3.05, 3.63) is 22.4 Å². The predicted molar refractivity (Wildman–Crippen MR) is 78.9 cm³/mol. The minimum Gasteiger partial charge on any atom is -0.482 e. The van der Waals surface area contributed by atoms with Crippen LogP contribution in [0.1, 0.15) is 20.3 Å². The molecule has 0 aliphatic heterocycles. The van der Waals surface area contributed by atoms with E-state index in [1.54, 1.807) is 0 Å². The van der Waals surface area contributed by atoms with E-state index >= 15 is 0 Å². The van der Waals surface area contributed by atoms with Gasteiger partial charge in [-0.3, -0.25) is 4.79 Å². The Morgan fingerprint density at radius 3 is 2.67 bits per heavy atom. The lowest BCUT2D eigenvalue weighted by Crippen LogP contribution is -2.35. The fourth-order valence-corrected chi connectivity index (χ4v) is 2.62. The summed E-state index contributed by atoms with van der Waals surface area (Å²) in [5.41, 5.74) is 0. The van der Waals surface area contributed by atoms with E-state index in [2.05, 4.69) is 21.2 Å². The van der Waals surface area contributed by atoms with Gasteiger partial charge in [0.25, 0.3) is 5.91 Å². The number of ether oxygens (including phenoxy) is 1. The third-order valence-electron chi connectivity index (χ3n) is 2.67. The van der Waals surface area contributed by atoms with Gasteiger partial charge in [-0.2, -0.15) is 0 Å². The topological polar surface area (TPSA) is 98.5 Å². The quantitative estimate of drug-likeness (QED) is 0.778. The largest absolute Gasteiger partial charge is 0.482 e. The molecule has 1 atom stereocenters. The second kappa shape index (κ2) is 7.19. The Morgan fingerprint density at radius 1 is 1.52 bits per heavy atom. The number of sulfonamides is 1. The SMILES string of the molecule is CCC(C)NC(=O)COc1cc(F)c(S(N)(=O)=O)cc1Br. The van der Waals surface area contributed by atoms with Crippen molar-refractivity contribution in [2.24, 2.45) is 5.14 Å². The average Bonchev–Trinajstić information content (AvgIpc) is 2.37. The Labute approximate surface area is 131 Å². The molecule has 3 N–H and O–H groups in total. The summed E-state index contributed by atoms with van der Waals surface area (Å²) in [6.45, 7) is 3.45. The molecule has 0 heterocycles. The van der Waals surface area contributed by atoms with E-state index < -0.39 is 20.7 Å².